The third kappa shape index (κ3) is 3.14. The van der Waals surface area contributed by atoms with Gasteiger partial charge in [0.05, 0.1) is 11.8 Å². The Kier molecular flexibility index (Phi) is 4.44. The third-order valence-electron chi connectivity index (χ3n) is 4.81. The largest absolute Gasteiger partial charge is 0.338 e. The zero-order valence-electron chi connectivity index (χ0n) is 14.1. The van der Waals surface area contributed by atoms with Gasteiger partial charge in [0.1, 0.15) is 0 Å². The molecule has 1 aromatic carbocycles. The Labute approximate surface area is 151 Å². The first-order valence-electron chi connectivity index (χ1n) is 8.50. The van der Waals surface area contributed by atoms with E-state index in [1.165, 1.54) is 22.9 Å². The van der Waals surface area contributed by atoms with Crippen LogP contribution in [0.25, 0.3) is 5.65 Å². The van der Waals surface area contributed by atoms with E-state index >= 15 is 0 Å². The standard InChI is InChI=1S/C19H20N4OS/c1-22(16-10-6-8-14-7-2-3-9-15(14)16)18(24)13-25-19-21-20-17-11-4-5-12-23(17)19/h2-5,7,9,11-12,16H,6,8,10,13H2,1H3. The number of carbonyl (C=O) groups is 1. The maximum absolute atomic E-state index is 12.7. The highest BCUT2D eigenvalue weighted by molar-refractivity contribution is 7.99. The zero-order valence-corrected chi connectivity index (χ0v) is 14.9. The fraction of sp³-hybridized carbons (Fsp3) is 0.316. The van der Waals surface area contributed by atoms with Gasteiger partial charge < -0.3 is 4.90 Å². The van der Waals surface area contributed by atoms with Gasteiger partial charge >= 0.3 is 0 Å². The van der Waals surface area contributed by atoms with Gasteiger partial charge in [0.2, 0.25) is 5.91 Å². The van der Waals surface area contributed by atoms with Crippen LogP contribution >= 0.6 is 11.8 Å². The average molecular weight is 352 g/mol. The smallest absolute Gasteiger partial charge is 0.233 e. The number of carbonyl (C=O) groups excluding carboxylic acids is 1. The second-order valence-corrected chi connectivity index (χ2v) is 7.25. The number of amides is 1. The molecule has 0 saturated carbocycles. The fourth-order valence-electron chi connectivity index (χ4n) is 3.45. The van der Waals surface area contributed by atoms with Gasteiger partial charge in [-0.3, -0.25) is 9.20 Å². The highest BCUT2D eigenvalue weighted by atomic mass is 32.2. The minimum absolute atomic E-state index is 0.124. The second kappa shape index (κ2) is 6.88. The van der Waals surface area contributed by atoms with Crippen molar-refractivity contribution < 1.29 is 4.79 Å². The molecule has 1 unspecified atom stereocenters. The minimum Gasteiger partial charge on any atom is -0.338 e. The van der Waals surface area contributed by atoms with Crippen molar-refractivity contribution >= 4 is 23.3 Å². The van der Waals surface area contributed by atoms with E-state index in [4.69, 9.17) is 0 Å². The lowest BCUT2D eigenvalue weighted by Gasteiger charge is -2.33. The van der Waals surface area contributed by atoms with Crippen LogP contribution in [-0.2, 0) is 11.2 Å². The van der Waals surface area contributed by atoms with E-state index in [-0.39, 0.29) is 11.9 Å². The number of hydrogen-bond acceptors (Lipinski definition) is 4. The molecule has 6 heteroatoms. The molecule has 0 spiro atoms. The molecular formula is C19H20N4OS. The summed E-state index contributed by atoms with van der Waals surface area (Å²) in [6.07, 6.45) is 5.18. The number of pyridine rings is 1. The number of fused-ring (bicyclic) bond motifs is 2. The maximum atomic E-state index is 12.7. The molecule has 5 nitrogen and oxygen atoms in total. The summed E-state index contributed by atoms with van der Waals surface area (Å²) in [5, 5.41) is 9.06. The quantitative estimate of drug-likeness (QED) is 0.676. The topological polar surface area (TPSA) is 50.5 Å². The SMILES string of the molecule is CN(C(=O)CSc1nnc2ccccn12)C1CCCc2ccccc21. The van der Waals surface area contributed by atoms with Crippen LogP contribution in [0.5, 0.6) is 0 Å². The predicted octanol–water partition coefficient (Wildman–Crippen LogP) is 3.36. The van der Waals surface area contributed by atoms with E-state index in [1.54, 1.807) is 0 Å². The van der Waals surface area contributed by atoms with Crippen molar-refractivity contribution in [3.63, 3.8) is 0 Å². The summed E-state index contributed by atoms with van der Waals surface area (Å²) in [6.45, 7) is 0. The predicted molar refractivity (Wildman–Crippen MR) is 98.6 cm³/mol. The third-order valence-corrected chi connectivity index (χ3v) is 5.73. The molecule has 0 fully saturated rings. The molecule has 0 N–H and O–H groups in total. The Morgan fingerprint density at radius 3 is 3.00 bits per heavy atom. The van der Waals surface area contributed by atoms with Crippen LogP contribution in [0.15, 0.2) is 53.8 Å². The summed E-state index contributed by atoms with van der Waals surface area (Å²) in [6, 6.07) is 14.4. The summed E-state index contributed by atoms with van der Waals surface area (Å²) in [4.78, 5) is 14.6. The number of hydrogen-bond donors (Lipinski definition) is 0. The summed E-state index contributed by atoms with van der Waals surface area (Å²) >= 11 is 1.44. The van der Waals surface area contributed by atoms with Gasteiger partial charge in [0, 0.05) is 13.2 Å². The van der Waals surface area contributed by atoms with E-state index in [1.807, 2.05) is 40.7 Å². The van der Waals surface area contributed by atoms with Crippen LogP contribution in [0, 0.1) is 0 Å². The van der Waals surface area contributed by atoms with Crippen LogP contribution < -0.4 is 0 Å². The second-order valence-electron chi connectivity index (χ2n) is 6.31. The first kappa shape index (κ1) is 16.1. The van der Waals surface area contributed by atoms with Crippen LogP contribution in [0.1, 0.15) is 30.0 Å². The van der Waals surface area contributed by atoms with Gasteiger partial charge in [0.25, 0.3) is 0 Å². The van der Waals surface area contributed by atoms with E-state index in [9.17, 15) is 4.79 Å². The lowest BCUT2D eigenvalue weighted by atomic mass is 9.87. The fourth-order valence-corrected chi connectivity index (χ4v) is 4.30. The Hall–Kier alpha value is -2.34. The summed E-state index contributed by atoms with van der Waals surface area (Å²) in [5.41, 5.74) is 3.46. The lowest BCUT2D eigenvalue weighted by molar-refractivity contribution is -0.129. The van der Waals surface area contributed by atoms with Gasteiger partial charge in [-0.2, -0.15) is 0 Å². The summed E-state index contributed by atoms with van der Waals surface area (Å²) in [7, 11) is 1.91. The Bertz CT molecular complexity index is 907. The van der Waals surface area contributed by atoms with Crippen molar-refractivity contribution in [2.75, 3.05) is 12.8 Å². The van der Waals surface area contributed by atoms with Crippen LogP contribution in [0.4, 0.5) is 0 Å². The van der Waals surface area contributed by atoms with E-state index in [0.29, 0.717) is 5.75 Å². The molecule has 1 aliphatic rings. The normalized spacial score (nSPS) is 16.6. The molecule has 0 bridgehead atoms. The molecule has 0 saturated heterocycles. The summed E-state index contributed by atoms with van der Waals surface area (Å²) < 4.78 is 1.91. The van der Waals surface area contributed by atoms with Gasteiger partial charge in [-0.1, -0.05) is 42.1 Å². The molecule has 0 radical (unpaired) electrons. The van der Waals surface area contributed by atoms with Crippen molar-refractivity contribution in [1.29, 1.82) is 0 Å². The highest BCUT2D eigenvalue weighted by Crippen LogP contribution is 2.33. The van der Waals surface area contributed by atoms with Gasteiger partial charge in [0.15, 0.2) is 10.8 Å². The monoisotopic (exact) mass is 352 g/mol. The van der Waals surface area contributed by atoms with Crippen molar-refractivity contribution in [3.05, 3.63) is 59.8 Å². The molecule has 2 aromatic heterocycles. The number of rotatable bonds is 4. The Morgan fingerprint density at radius 1 is 1.24 bits per heavy atom. The lowest BCUT2D eigenvalue weighted by Crippen LogP contribution is -2.34. The maximum Gasteiger partial charge on any atom is 0.233 e. The van der Waals surface area contributed by atoms with Gasteiger partial charge in [-0.25, -0.2) is 0 Å². The van der Waals surface area contributed by atoms with Gasteiger partial charge in [-0.15, -0.1) is 10.2 Å². The van der Waals surface area contributed by atoms with Crippen molar-refractivity contribution in [1.82, 2.24) is 19.5 Å². The molecule has 128 valence electrons. The van der Waals surface area contributed by atoms with Crippen LogP contribution in [-0.4, -0.2) is 38.2 Å². The molecular weight excluding hydrogens is 332 g/mol. The molecule has 3 aromatic rings. The molecule has 1 atom stereocenters. The number of aryl methyl sites for hydroxylation is 1. The molecule has 0 aliphatic heterocycles. The number of aromatic nitrogens is 3. The molecule has 1 aliphatic carbocycles. The van der Waals surface area contributed by atoms with Crippen molar-refractivity contribution in [2.24, 2.45) is 0 Å². The molecule has 2 heterocycles. The van der Waals surface area contributed by atoms with Gasteiger partial charge in [-0.05, 0) is 42.5 Å². The Balaban J connectivity index is 1.46. The van der Waals surface area contributed by atoms with Crippen molar-refractivity contribution in [2.45, 2.75) is 30.5 Å². The first-order chi connectivity index (χ1) is 12.2. The number of thioether (sulfide) groups is 1. The number of benzene rings is 1. The average Bonchev–Trinajstić information content (AvgIpc) is 3.08. The van der Waals surface area contributed by atoms with Crippen molar-refractivity contribution in [3.8, 4) is 0 Å². The van der Waals surface area contributed by atoms with Crippen LogP contribution in [0.3, 0.4) is 0 Å². The molecule has 1 amide bonds. The highest BCUT2D eigenvalue weighted by Gasteiger charge is 2.26. The van der Waals surface area contributed by atoms with E-state index in [2.05, 4.69) is 34.5 Å². The molecule has 4 rings (SSSR count). The molecule has 25 heavy (non-hydrogen) atoms. The Morgan fingerprint density at radius 2 is 2.08 bits per heavy atom. The van der Waals surface area contributed by atoms with Crippen LogP contribution in [0.2, 0.25) is 0 Å². The first-order valence-corrected chi connectivity index (χ1v) is 9.48. The summed E-state index contributed by atoms with van der Waals surface area (Å²) in [5.74, 6) is 0.490. The number of nitrogens with zero attached hydrogens (tertiary/aromatic N) is 4. The van der Waals surface area contributed by atoms with E-state index < -0.39 is 0 Å². The minimum atomic E-state index is 0.124. The van der Waals surface area contributed by atoms with E-state index in [0.717, 1.165) is 30.1 Å². The zero-order chi connectivity index (χ0) is 17.2.